The Morgan fingerprint density at radius 1 is 1.13 bits per heavy atom. The van der Waals surface area contributed by atoms with Crippen LogP contribution in [0, 0.1) is 0 Å². The lowest BCUT2D eigenvalue weighted by Gasteiger charge is -2.42. The fourth-order valence-corrected chi connectivity index (χ4v) is 4.09. The first kappa shape index (κ1) is 22.7. The number of methoxy groups -OCH3 is 1. The van der Waals surface area contributed by atoms with Gasteiger partial charge in [0.1, 0.15) is 11.8 Å². The molecule has 8 heteroatoms. The highest BCUT2D eigenvalue weighted by Crippen LogP contribution is 2.36. The summed E-state index contributed by atoms with van der Waals surface area (Å²) in [4.78, 5) is 27.4. The summed E-state index contributed by atoms with van der Waals surface area (Å²) in [5, 5.41) is 13.9. The van der Waals surface area contributed by atoms with E-state index in [2.05, 4.69) is 0 Å². The van der Waals surface area contributed by atoms with Gasteiger partial charge in [-0.15, -0.1) is 0 Å². The van der Waals surface area contributed by atoms with Gasteiger partial charge in [-0.05, 0) is 44.9 Å². The van der Waals surface area contributed by atoms with Gasteiger partial charge in [0.15, 0.2) is 0 Å². The van der Waals surface area contributed by atoms with E-state index in [0.29, 0.717) is 35.1 Å². The third-order valence-electron chi connectivity index (χ3n) is 5.25. The Morgan fingerprint density at radius 2 is 1.81 bits per heavy atom. The minimum Gasteiger partial charge on any atom is -0.497 e. The molecule has 1 fully saturated rings. The summed E-state index contributed by atoms with van der Waals surface area (Å²) in [5.41, 5.74) is 0.477. The highest BCUT2D eigenvalue weighted by Gasteiger charge is 2.43. The van der Waals surface area contributed by atoms with Crippen molar-refractivity contribution in [3.8, 4) is 5.75 Å². The van der Waals surface area contributed by atoms with Gasteiger partial charge in [-0.25, -0.2) is 4.79 Å². The summed E-state index contributed by atoms with van der Waals surface area (Å²) >= 11 is 6.45. The number of ether oxygens (including phenoxy) is 1. The van der Waals surface area contributed by atoms with Crippen molar-refractivity contribution in [3.05, 3.63) is 59.1 Å². The number of anilines is 1. The number of hydrogen-bond donors (Lipinski definition) is 1. The van der Waals surface area contributed by atoms with Crippen LogP contribution < -0.4 is 9.75 Å². The zero-order valence-electron chi connectivity index (χ0n) is 18.2. The molecule has 1 atom stereocenters. The number of benzene rings is 2. The smallest absolute Gasteiger partial charge is 0.408 e. The van der Waals surface area contributed by atoms with E-state index >= 15 is 0 Å². The lowest BCUT2D eigenvalue weighted by Crippen LogP contribution is -2.54. The van der Waals surface area contributed by atoms with Crippen LogP contribution >= 0.6 is 11.6 Å². The second-order valence-electron chi connectivity index (χ2n) is 8.39. The highest BCUT2D eigenvalue weighted by atomic mass is 35.5. The van der Waals surface area contributed by atoms with E-state index in [1.54, 1.807) is 75.4 Å². The van der Waals surface area contributed by atoms with Gasteiger partial charge in [-0.2, -0.15) is 0 Å². The summed E-state index contributed by atoms with van der Waals surface area (Å²) in [6, 6.07) is 13.3. The molecular formula is C23H28ClN3O4. The average molecular weight is 446 g/mol. The van der Waals surface area contributed by atoms with Gasteiger partial charge in [-0.3, -0.25) is 19.7 Å². The summed E-state index contributed by atoms with van der Waals surface area (Å²) < 4.78 is 5.32. The Kier molecular flexibility index (Phi) is 6.65. The fourth-order valence-electron chi connectivity index (χ4n) is 3.87. The first-order valence-corrected chi connectivity index (χ1v) is 10.5. The molecule has 1 saturated heterocycles. The van der Waals surface area contributed by atoms with Crippen molar-refractivity contribution in [2.45, 2.75) is 38.8 Å². The van der Waals surface area contributed by atoms with Crippen molar-refractivity contribution in [1.29, 1.82) is 0 Å². The van der Waals surface area contributed by atoms with Gasteiger partial charge in [0, 0.05) is 24.7 Å². The lowest BCUT2D eigenvalue weighted by molar-refractivity contribution is -0.138. The van der Waals surface area contributed by atoms with Crippen molar-refractivity contribution in [2.24, 2.45) is 0 Å². The molecule has 31 heavy (non-hydrogen) atoms. The second kappa shape index (κ2) is 9.06. The molecule has 0 saturated carbocycles. The standard InChI is InChI=1S/C23H28ClN3O4/c1-23(2,3)27(22(29)30)20(16-9-6-5-7-10-16)21(28)26-14-8-13-25(26)19-15-17(31-4)11-12-18(19)24/h5-7,9-12,15,20H,8,13-14H2,1-4H3,(H,29,30)/t20-/m0/s1. The van der Waals surface area contributed by atoms with E-state index in [1.807, 2.05) is 11.1 Å². The number of amides is 2. The molecule has 0 unspecified atom stereocenters. The van der Waals surface area contributed by atoms with Crippen LogP contribution in [0.2, 0.25) is 5.02 Å². The van der Waals surface area contributed by atoms with Crippen LogP contribution in [0.1, 0.15) is 38.8 Å². The monoisotopic (exact) mass is 445 g/mol. The van der Waals surface area contributed by atoms with Crippen molar-refractivity contribution in [3.63, 3.8) is 0 Å². The molecule has 1 aliphatic rings. The molecule has 0 radical (unpaired) electrons. The number of halogens is 1. The Morgan fingerprint density at radius 3 is 2.39 bits per heavy atom. The molecule has 2 amide bonds. The number of carbonyl (C=O) groups excluding carboxylic acids is 1. The van der Waals surface area contributed by atoms with E-state index in [9.17, 15) is 14.7 Å². The SMILES string of the molecule is COc1ccc(Cl)c(N2CCCN2C(=O)[C@H](c2ccccc2)N(C(=O)O)C(C)(C)C)c1. The van der Waals surface area contributed by atoms with Crippen LogP contribution in [0.15, 0.2) is 48.5 Å². The number of carbonyl (C=O) groups is 2. The Hall–Kier alpha value is -2.93. The quantitative estimate of drug-likeness (QED) is 0.714. The molecule has 0 spiro atoms. The Balaban J connectivity index is 2.06. The predicted octanol–water partition coefficient (Wildman–Crippen LogP) is 4.82. The van der Waals surface area contributed by atoms with Gasteiger partial charge in [0.25, 0.3) is 5.91 Å². The molecule has 0 aromatic heterocycles. The molecule has 1 heterocycles. The minimum atomic E-state index is -1.15. The highest BCUT2D eigenvalue weighted by molar-refractivity contribution is 6.33. The Bertz CT molecular complexity index is 946. The van der Waals surface area contributed by atoms with Crippen molar-refractivity contribution >= 4 is 29.3 Å². The molecule has 166 valence electrons. The van der Waals surface area contributed by atoms with Crippen molar-refractivity contribution in [2.75, 3.05) is 25.2 Å². The summed E-state index contributed by atoms with van der Waals surface area (Å²) in [6.45, 7) is 6.40. The molecule has 0 aliphatic carbocycles. The lowest BCUT2D eigenvalue weighted by atomic mass is 9.97. The van der Waals surface area contributed by atoms with Gasteiger partial charge in [-0.1, -0.05) is 41.9 Å². The number of rotatable bonds is 5. The van der Waals surface area contributed by atoms with Crippen LogP contribution in [0.25, 0.3) is 0 Å². The van der Waals surface area contributed by atoms with Crippen LogP contribution in [0.5, 0.6) is 5.75 Å². The van der Waals surface area contributed by atoms with E-state index in [1.165, 1.54) is 4.90 Å². The molecule has 2 aromatic carbocycles. The van der Waals surface area contributed by atoms with Gasteiger partial charge in [0.05, 0.1) is 17.8 Å². The maximum Gasteiger partial charge on any atom is 0.408 e. The zero-order chi connectivity index (χ0) is 22.8. The van der Waals surface area contributed by atoms with E-state index < -0.39 is 17.7 Å². The largest absolute Gasteiger partial charge is 0.497 e. The predicted molar refractivity (Wildman–Crippen MR) is 120 cm³/mol. The van der Waals surface area contributed by atoms with Crippen LogP contribution in [0.3, 0.4) is 0 Å². The van der Waals surface area contributed by atoms with Gasteiger partial charge in [0.2, 0.25) is 0 Å². The maximum atomic E-state index is 13.9. The number of hydrazine groups is 1. The molecule has 1 N–H and O–H groups in total. The van der Waals surface area contributed by atoms with Crippen LogP contribution in [0.4, 0.5) is 10.5 Å². The molecule has 3 rings (SSSR count). The fraction of sp³-hybridized carbons (Fsp3) is 0.391. The van der Waals surface area contributed by atoms with Crippen LogP contribution in [-0.2, 0) is 4.79 Å². The van der Waals surface area contributed by atoms with Gasteiger partial charge < -0.3 is 9.84 Å². The molecule has 2 aromatic rings. The van der Waals surface area contributed by atoms with Gasteiger partial charge >= 0.3 is 6.09 Å². The van der Waals surface area contributed by atoms with E-state index in [0.717, 1.165) is 6.42 Å². The zero-order valence-corrected chi connectivity index (χ0v) is 19.0. The Labute approximate surface area is 187 Å². The first-order valence-electron chi connectivity index (χ1n) is 10.1. The molecule has 0 bridgehead atoms. The average Bonchev–Trinajstić information content (AvgIpc) is 3.21. The van der Waals surface area contributed by atoms with Crippen LogP contribution in [-0.4, -0.2) is 52.8 Å². The normalized spacial score (nSPS) is 15.0. The third-order valence-corrected chi connectivity index (χ3v) is 5.57. The molecular weight excluding hydrogens is 418 g/mol. The first-order chi connectivity index (χ1) is 14.6. The minimum absolute atomic E-state index is 0.320. The third kappa shape index (κ3) is 4.71. The topological polar surface area (TPSA) is 73.3 Å². The van der Waals surface area contributed by atoms with Crippen molar-refractivity contribution in [1.82, 2.24) is 9.91 Å². The van der Waals surface area contributed by atoms with Crippen molar-refractivity contribution < 1.29 is 19.4 Å². The second-order valence-corrected chi connectivity index (χ2v) is 8.80. The van der Waals surface area contributed by atoms with E-state index in [-0.39, 0.29) is 5.91 Å². The summed E-state index contributed by atoms with van der Waals surface area (Å²) in [5.74, 6) is 0.306. The summed E-state index contributed by atoms with van der Waals surface area (Å²) in [7, 11) is 1.57. The number of nitrogens with zero attached hydrogens (tertiary/aromatic N) is 3. The number of carboxylic acid groups (broad SMARTS) is 1. The molecule has 7 nitrogen and oxygen atoms in total. The van der Waals surface area contributed by atoms with E-state index in [4.69, 9.17) is 16.3 Å². The summed E-state index contributed by atoms with van der Waals surface area (Å²) in [6.07, 6.45) is -0.413. The number of hydrogen-bond acceptors (Lipinski definition) is 4. The maximum absolute atomic E-state index is 13.9. The molecule has 1 aliphatic heterocycles.